The van der Waals surface area contributed by atoms with Crippen LogP contribution in [0.5, 0.6) is 0 Å². The van der Waals surface area contributed by atoms with Gasteiger partial charge in [-0.25, -0.2) is 4.98 Å². The molecule has 0 fully saturated rings. The molecule has 0 aromatic carbocycles. The molecule has 0 aliphatic heterocycles. The van der Waals surface area contributed by atoms with Crippen LogP contribution in [0.3, 0.4) is 0 Å². The van der Waals surface area contributed by atoms with Crippen molar-refractivity contribution in [1.82, 2.24) is 20.1 Å². The summed E-state index contributed by atoms with van der Waals surface area (Å²) in [5, 5.41) is 7.71. The number of ether oxygens (including phenoxy) is 1. The maximum atomic E-state index is 5.17. The fourth-order valence-electron chi connectivity index (χ4n) is 1.18. The van der Waals surface area contributed by atoms with Crippen LogP contribution in [0.4, 0.5) is 0 Å². The number of aromatic nitrogens is 3. The highest BCUT2D eigenvalue weighted by Crippen LogP contribution is 2.01. The molecule has 0 saturated heterocycles. The first-order chi connectivity index (χ1) is 7.40. The van der Waals surface area contributed by atoms with Gasteiger partial charge in [0, 0.05) is 12.6 Å². The van der Waals surface area contributed by atoms with Gasteiger partial charge in [-0.3, -0.25) is 4.68 Å². The van der Waals surface area contributed by atoms with E-state index in [-0.39, 0.29) is 11.6 Å². The van der Waals surface area contributed by atoms with Crippen LogP contribution in [0, 0.1) is 0 Å². The summed E-state index contributed by atoms with van der Waals surface area (Å²) in [6, 6.07) is 0. The predicted molar refractivity (Wildman–Crippen MR) is 63.1 cm³/mol. The number of nitrogens with zero attached hydrogens (tertiary/aromatic N) is 3. The van der Waals surface area contributed by atoms with E-state index in [1.807, 2.05) is 11.6 Å². The van der Waals surface area contributed by atoms with Gasteiger partial charge in [-0.2, -0.15) is 5.10 Å². The van der Waals surface area contributed by atoms with Crippen LogP contribution in [-0.2, 0) is 17.8 Å². The van der Waals surface area contributed by atoms with E-state index in [4.69, 9.17) is 4.74 Å². The average Bonchev–Trinajstić information content (AvgIpc) is 2.61. The maximum absolute atomic E-state index is 5.17. The number of hydrogen-bond acceptors (Lipinski definition) is 4. The second kappa shape index (κ2) is 5.41. The van der Waals surface area contributed by atoms with Crippen LogP contribution in [-0.4, -0.2) is 33.5 Å². The van der Waals surface area contributed by atoms with E-state index >= 15 is 0 Å². The number of methoxy groups -OCH3 is 1. The minimum Gasteiger partial charge on any atom is -0.380 e. The standard InChI is InChI=1S/C11H22N4O/c1-9(16-5)7-15-8-12-10(14-15)6-13-11(2,3)4/h8-9,13H,6-7H2,1-5H3. The normalized spacial score (nSPS) is 14.1. The Balaban J connectivity index is 2.45. The van der Waals surface area contributed by atoms with Crippen molar-refractivity contribution < 1.29 is 4.74 Å². The molecule has 0 aliphatic rings. The Morgan fingerprint density at radius 3 is 2.75 bits per heavy atom. The molecule has 0 spiro atoms. The Hall–Kier alpha value is -0.940. The van der Waals surface area contributed by atoms with Gasteiger partial charge in [0.2, 0.25) is 0 Å². The zero-order chi connectivity index (χ0) is 12.2. The van der Waals surface area contributed by atoms with Crippen LogP contribution in [0.25, 0.3) is 0 Å². The zero-order valence-electron chi connectivity index (χ0n) is 10.8. The van der Waals surface area contributed by atoms with Crippen molar-refractivity contribution in [1.29, 1.82) is 0 Å². The SMILES string of the molecule is COC(C)Cn1cnc(CNC(C)(C)C)n1. The molecule has 5 heteroatoms. The largest absolute Gasteiger partial charge is 0.380 e. The van der Waals surface area contributed by atoms with Crippen LogP contribution in [0.15, 0.2) is 6.33 Å². The third-order valence-corrected chi connectivity index (χ3v) is 2.21. The van der Waals surface area contributed by atoms with Gasteiger partial charge in [0.15, 0.2) is 5.82 Å². The van der Waals surface area contributed by atoms with Gasteiger partial charge < -0.3 is 10.1 Å². The first-order valence-electron chi connectivity index (χ1n) is 5.57. The molecule has 1 unspecified atom stereocenters. The van der Waals surface area contributed by atoms with Gasteiger partial charge in [0.1, 0.15) is 6.33 Å². The average molecular weight is 226 g/mol. The number of rotatable bonds is 5. The fourth-order valence-corrected chi connectivity index (χ4v) is 1.18. The van der Waals surface area contributed by atoms with Gasteiger partial charge in [0.25, 0.3) is 0 Å². The summed E-state index contributed by atoms with van der Waals surface area (Å²) in [6.07, 6.45) is 1.90. The van der Waals surface area contributed by atoms with E-state index in [1.165, 1.54) is 0 Å². The van der Waals surface area contributed by atoms with Crippen molar-refractivity contribution in [3.63, 3.8) is 0 Å². The predicted octanol–water partition coefficient (Wildman–Crippen LogP) is 1.20. The summed E-state index contributed by atoms with van der Waals surface area (Å²) >= 11 is 0. The van der Waals surface area contributed by atoms with Crippen molar-refractivity contribution >= 4 is 0 Å². The Bertz CT molecular complexity index is 316. The van der Waals surface area contributed by atoms with Crippen LogP contribution in [0.2, 0.25) is 0 Å². The lowest BCUT2D eigenvalue weighted by Gasteiger charge is -2.19. The second-order valence-electron chi connectivity index (χ2n) is 5.03. The van der Waals surface area contributed by atoms with E-state index < -0.39 is 0 Å². The highest BCUT2D eigenvalue weighted by Gasteiger charge is 2.10. The molecule has 0 bridgehead atoms. The van der Waals surface area contributed by atoms with Crippen LogP contribution < -0.4 is 5.32 Å². The summed E-state index contributed by atoms with van der Waals surface area (Å²) in [4.78, 5) is 4.24. The summed E-state index contributed by atoms with van der Waals surface area (Å²) in [7, 11) is 1.70. The molecule has 0 saturated carbocycles. The first kappa shape index (κ1) is 13.1. The highest BCUT2D eigenvalue weighted by molar-refractivity contribution is 4.84. The van der Waals surface area contributed by atoms with E-state index in [0.717, 1.165) is 12.4 Å². The van der Waals surface area contributed by atoms with E-state index in [9.17, 15) is 0 Å². The van der Waals surface area contributed by atoms with Crippen molar-refractivity contribution in [3.05, 3.63) is 12.2 Å². The van der Waals surface area contributed by atoms with E-state index in [2.05, 4.69) is 36.2 Å². The molecule has 0 aliphatic carbocycles. The lowest BCUT2D eigenvalue weighted by molar-refractivity contribution is 0.0996. The summed E-state index contributed by atoms with van der Waals surface area (Å²) in [5.74, 6) is 0.818. The van der Waals surface area contributed by atoms with E-state index in [0.29, 0.717) is 6.54 Å². The van der Waals surface area contributed by atoms with Gasteiger partial charge in [0.05, 0.1) is 19.2 Å². The topological polar surface area (TPSA) is 52.0 Å². The number of nitrogens with one attached hydrogen (secondary N) is 1. The maximum Gasteiger partial charge on any atom is 0.164 e. The molecule has 0 amide bonds. The quantitative estimate of drug-likeness (QED) is 0.819. The van der Waals surface area contributed by atoms with Crippen LogP contribution in [0.1, 0.15) is 33.5 Å². The molecule has 1 atom stereocenters. The van der Waals surface area contributed by atoms with Crippen molar-refractivity contribution in [2.45, 2.75) is 52.4 Å². The molecule has 1 rings (SSSR count). The summed E-state index contributed by atoms with van der Waals surface area (Å²) in [5.41, 5.74) is 0.0886. The minimum absolute atomic E-state index is 0.0886. The molecule has 1 aromatic rings. The molecule has 1 N–H and O–H groups in total. The van der Waals surface area contributed by atoms with Crippen molar-refractivity contribution in [2.75, 3.05) is 7.11 Å². The summed E-state index contributed by atoms with van der Waals surface area (Å²) in [6.45, 7) is 9.80. The fraction of sp³-hybridized carbons (Fsp3) is 0.818. The van der Waals surface area contributed by atoms with Crippen molar-refractivity contribution in [3.8, 4) is 0 Å². The first-order valence-corrected chi connectivity index (χ1v) is 5.57. The lowest BCUT2D eigenvalue weighted by atomic mass is 10.1. The smallest absolute Gasteiger partial charge is 0.164 e. The Labute approximate surface area is 97.2 Å². The molecule has 5 nitrogen and oxygen atoms in total. The molecular weight excluding hydrogens is 204 g/mol. The molecular formula is C11H22N4O. The lowest BCUT2D eigenvalue weighted by Crippen LogP contribution is -2.35. The molecule has 16 heavy (non-hydrogen) atoms. The molecule has 1 heterocycles. The summed E-state index contributed by atoms with van der Waals surface area (Å²) < 4.78 is 6.99. The molecule has 92 valence electrons. The third-order valence-electron chi connectivity index (χ3n) is 2.21. The molecule has 0 radical (unpaired) electrons. The van der Waals surface area contributed by atoms with Crippen molar-refractivity contribution in [2.24, 2.45) is 0 Å². The van der Waals surface area contributed by atoms with Gasteiger partial charge in [-0.15, -0.1) is 0 Å². The monoisotopic (exact) mass is 226 g/mol. The zero-order valence-corrected chi connectivity index (χ0v) is 10.8. The molecule has 1 aromatic heterocycles. The van der Waals surface area contributed by atoms with E-state index in [1.54, 1.807) is 13.4 Å². The second-order valence-corrected chi connectivity index (χ2v) is 5.03. The Kier molecular flexibility index (Phi) is 4.44. The minimum atomic E-state index is 0.0886. The third kappa shape index (κ3) is 4.72. The van der Waals surface area contributed by atoms with Crippen LogP contribution >= 0.6 is 0 Å². The number of hydrogen-bond donors (Lipinski definition) is 1. The van der Waals surface area contributed by atoms with Gasteiger partial charge in [-0.1, -0.05) is 0 Å². The van der Waals surface area contributed by atoms with Gasteiger partial charge in [-0.05, 0) is 27.7 Å². The van der Waals surface area contributed by atoms with Gasteiger partial charge >= 0.3 is 0 Å². The Morgan fingerprint density at radius 2 is 2.19 bits per heavy atom. The Morgan fingerprint density at radius 1 is 1.50 bits per heavy atom. The highest BCUT2D eigenvalue weighted by atomic mass is 16.5.